The van der Waals surface area contributed by atoms with Crippen molar-refractivity contribution >= 4 is 17.4 Å². The smallest absolute Gasteiger partial charge is 0.269 e. The Hall–Kier alpha value is -3.56. The number of aromatic nitrogens is 4. The summed E-state index contributed by atoms with van der Waals surface area (Å²) in [7, 11) is 0. The van der Waals surface area contributed by atoms with Gasteiger partial charge in [0.2, 0.25) is 5.91 Å². The number of nitro benzene ring substituents is 1. The Labute approximate surface area is 135 Å². The molecule has 0 radical (unpaired) electrons. The highest BCUT2D eigenvalue weighted by Gasteiger charge is 2.11. The van der Waals surface area contributed by atoms with Crippen LogP contribution in [0.4, 0.5) is 11.5 Å². The summed E-state index contributed by atoms with van der Waals surface area (Å²) in [5, 5.41) is 21.1. The summed E-state index contributed by atoms with van der Waals surface area (Å²) in [6.45, 7) is 1.67. The minimum absolute atomic E-state index is 0.0135. The van der Waals surface area contributed by atoms with Crippen molar-refractivity contribution in [3.05, 3.63) is 52.5 Å². The van der Waals surface area contributed by atoms with Crippen LogP contribution in [0.3, 0.4) is 0 Å². The Kier molecular flexibility index (Phi) is 4.01. The molecule has 10 nitrogen and oxygen atoms in total. The van der Waals surface area contributed by atoms with Crippen LogP contribution in [-0.2, 0) is 11.3 Å². The quantitative estimate of drug-likeness (QED) is 0.558. The summed E-state index contributed by atoms with van der Waals surface area (Å²) in [5.41, 5.74) is 0.604. The van der Waals surface area contributed by atoms with Gasteiger partial charge in [-0.1, -0.05) is 5.16 Å². The van der Waals surface area contributed by atoms with Crippen molar-refractivity contribution in [2.24, 2.45) is 0 Å². The van der Waals surface area contributed by atoms with Gasteiger partial charge in [0.25, 0.3) is 5.69 Å². The number of aryl methyl sites for hydroxylation is 1. The number of benzene rings is 1. The largest absolute Gasteiger partial charge is 0.360 e. The van der Waals surface area contributed by atoms with Crippen molar-refractivity contribution in [3.8, 4) is 11.4 Å². The normalized spacial score (nSPS) is 10.5. The van der Waals surface area contributed by atoms with Crippen LogP contribution in [0, 0.1) is 17.0 Å². The third-order valence-corrected chi connectivity index (χ3v) is 3.07. The predicted molar refractivity (Wildman–Crippen MR) is 82.0 cm³/mol. The molecule has 0 aliphatic heterocycles. The molecule has 1 N–H and O–H groups in total. The predicted octanol–water partition coefficient (Wildman–Crippen LogP) is 1.79. The van der Waals surface area contributed by atoms with E-state index in [4.69, 9.17) is 4.52 Å². The van der Waals surface area contributed by atoms with Crippen LogP contribution in [-0.4, -0.2) is 30.8 Å². The van der Waals surface area contributed by atoms with E-state index in [-0.39, 0.29) is 18.1 Å². The van der Waals surface area contributed by atoms with E-state index in [2.05, 4.69) is 20.6 Å². The van der Waals surface area contributed by atoms with Crippen molar-refractivity contribution in [3.63, 3.8) is 0 Å². The van der Waals surface area contributed by atoms with Crippen molar-refractivity contribution in [2.75, 3.05) is 5.32 Å². The average molecular weight is 328 g/mol. The SMILES string of the molecule is Cc1cc(NC(=O)Cn2cnc(-c3ccc([N+](=O)[O-])cc3)n2)no1. The van der Waals surface area contributed by atoms with Gasteiger partial charge >= 0.3 is 0 Å². The average Bonchev–Trinajstić information content (AvgIpc) is 3.16. The van der Waals surface area contributed by atoms with Gasteiger partial charge in [0.1, 0.15) is 18.6 Å². The standard InChI is InChI=1S/C14H12N6O4/c1-9-6-12(18-24-9)16-13(21)7-19-8-15-14(17-19)10-2-4-11(5-3-10)20(22)23/h2-6,8H,7H2,1H3,(H,16,18,21). The highest BCUT2D eigenvalue weighted by atomic mass is 16.6. The molecule has 0 saturated heterocycles. The van der Waals surface area contributed by atoms with Crippen molar-refractivity contribution in [1.82, 2.24) is 19.9 Å². The number of rotatable bonds is 5. The van der Waals surface area contributed by atoms with E-state index in [1.54, 1.807) is 25.1 Å². The van der Waals surface area contributed by atoms with Gasteiger partial charge in [-0.25, -0.2) is 9.67 Å². The first-order chi connectivity index (χ1) is 11.5. The fourth-order valence-electron chi connectivity index (χ4n) is 1.99. The van der Waals surface area contributed by atoms with Crippen LogP contribution in [0.5, 0.6) is 0 Å². The molecule has 0 spiro atoms. The Morgan fingerprint density at radius 1 is 1.38 bits per heavy atom. The summed E-state index contributed by atoms with van der Waals surface area (Å²) in [6, 6.07) is 7.44. The van der Waals surface area contributed by atoms with Crippen molar-refractivity contribution in [2.45, 2.75) is 13.5 Å². The fourth-order valence-corrected chi connectivity index (χ4v) is 1.99. The highest BCUT2D eigenvalue weighted by molar-refractivity contribution is 5.89. The maximum atomic E-state index is 11.9. The van der Waals surface area contributed by atoms with E-state index >= 15 is 0 Å². The van der Waals surface area contributed by atoms with Crippen LogP contribution in [0.1, 0.15) is 5.76 Å². The maximum absolute atomic E-state index is 11.9. The molecule has 1 aromatic carbocycles. The summed E-state index contributed by atoms with van der Waals surface area (Å²) in [4.78, 5) is 26.2. The number of nitro groups is 1. The zero-order valence-electron chi connectivity index (χ0n) is 12.5. The monoisotopic (exact) mass is 328 g/mol. The topological polar surface area (TPSA) is 129 Å². The first-order valence-corrected chi connectivity index (χ1v) is 6.89. The number of amides is 1. The number of hydrogen-bond acceptors (Lipinski definition) is 7. The molecule has 0 aliphatic rings. The number of nitrogens with one attached hydrogen (secondary N) is 1. The highest BCUT2D eigenvalue weighted by Crippen LogP contribution is 2.18. The molecule has 0 fully saturated rings. The Balaban J connectivity index is 1.66. The molecular formula is C14H12N6O4. The lowest BCUT2D eigenvalue weighted by Crippen LogP contribution is -2.19. The van der Waals surface area contributed by atoms with Crippen LogP contribution in [0.25, 0.3) is 11.4 Å². The minimum Gasteiger partial charge on any atom is -0.360 e. The number of non-ortho nitro benzene ring substituents is 1. The molecule has 3 rings (SSSR count). The van der Waals surface area contributed by atoms with Gasteiger partial charge in [0, 0.05) is 23.8 Å². The van der Waals surface area contributed by atoms with E-state index < -0.39 is 4.92 Å². The Morgan fingerprint density at radius 3 is 2.75 bits per heavy atom. The zero-order valence-corrected chi connectivity index (χ0v) is 12.5. The Bertz CT molecular complexity index is 883. The van der Waals surface area contributed by atoms with Gasteiger partial charge in [0.05, 0.1) is 4.92 Å². The molecule has 24 heavy (non-hydrogen) atoms. The van der Waals surface area contributed by atoms with Gasteiger partial charge in [-0.15, -0.1) is 0 Å². The van der Waals surface area contributed by atoms with Crippen LogP contribution in [0.2, 0.25) is 0 Å². The molecule has 0 atom stereocenters. The number of nitrogens with zero attached hydrogens (tertiary/aromatic N) is 5. The summed E-state index contributed by atoms with van der Waals surface area (Å²) in [5.74, 6) is 0.957. The molecule has 3 aromatic rings. The lowest BCUT2D eigenvalue weighted by Gasteiger charge is -2.00. The minimum atomic E-state index is -0.480. The zero-order chi connectivity index (χ0) is 17.1. The van der Waals surface area contributed by atoms with Gasteiger partial charge in [-0.3, -0.25) is 14.9 Å². The number of carbonyl (C=O) groups excluding carboxylic acids is 1. The van der Waals surface area contributed by atoms with Gasteiger partial charge in [-0.2, -0.15) is 5.10 Å². The van der Waals surface area contributed by atoms with E-state index in [1.165, 1.54) is 23.1 Å². The molecule has 1 amide bonds. The molecule has 0 unspecified atom stereocenters. The summed E-state index contributed by atoms with van der Waals surface area (Å²) >= 11 is 0. The van der Waals surface area contributed by atoms with Crippen molar-refractivity contribution in [1.29, 1.82) is 0 Å². The van der Waals surface area contributed by atoms with Crippen LogP contribution < -0.4 is 5.32 Å². The molecule has 10 heteroatoms. The lowest BCUT2D eigenvalue weighted by atomic mass is 10.2. The fraction of sp³-hybridized carbons (Fsp3) is 0.143. The molecule has 0 saturated carbocycles. The number of hydrogen-bond donors (Lipinski definition) is 1. The summed E-state index contributed by atoms with van der Waals surface area (Å²) in [6.07, 6.45) is 1.41. The van der Waals surface area contributed by atoms with Gasteiger partial charge in [0.15, 0.2) is 11.6 Å². The molecule has 0 bridgehead atoms. The molecule has 0 aliphatic carbocycles. The van der Waals surface area contributed by atoms with Gasteiger partial charge in [-0.05, 0) is 19.1 Å². The first kappa shape index (κ1) is 15.3. The first-order valence-electron chi connectivity index (χ1n) is 6.89. The van der Waals surface area contributed by atoms with E-state index in [0.717, 1.165) is 0 Å². The van der Waals surface area contributed by atoms with E-state index in [1.807, 2.05) is 0 Å². The number of carbonyl (C=O) groups is 1. The second kappa shape index (κ2) is 6.28. The van der Waals surface area contributed by atoms with E-state index in [9.17, 15) is 14.9 Å². The molecule has 2 heterocycles. The lowest BCUT2D eigenvalue weighted by molar-refractivity contribution is -0.384. The maximum Gasteiger partial charge on any atom is 0.269 e. The third-order valence-electron chi connectivity index (χ3n) is 3.07. The van der Waals surface area contributed by atoms with Crippen LogP contribution in [0.15, 0.2) is 41.2 Å². The van der Waals surface area contributed by atoms with Gasteiger partial charge < -0.3 is 9.84 Å². The second-order valence-electron chi connectivity index (χ2n) is 4.94. The summed E-state index contributed by atoms with van der Waals surface area (Å²) < 4.78 is 6.22. The molecule has 2 aromatic heterocycles. The Morgan fingerprint density at radius 2 is 2.12 bits per heavy atom. The van der Waals surface area contributed by atoms with Crippen LogP contribution >= 0.6 is 0 Å². The molecular weight excluding hydrogens is 316 g/mol. The van der Waals surface area contributed by atoms with Crippen molar-refractivity contribution < 1.29 is 14.2 Å². The number of anilines is 1. The molecule has 122 valence electrons. The second-order valence-corrected chi connectivity index (χ2v) is 4.94. The van der Waals surface area contributed by atoms with E-state index in [0.29, 0.717) is 23.0 Å². The third kappa shape index (κ3) is 3.43.